The third-order valence-corrected chi connectivity index (χ3v) is 6.52. The highest BCUT2D eigenvalue weighted by Crippen LogP contribution is 2.43. The number of piperazine rings is 1. The Morgan fingerprint density at radius 1 is 1.00 bits per heavy atom. The minimum atomic E-state index is -0.447. The molecular weight excluding hydrogens is 421 g/mol. The van der Waals surface area contributed by atoms with Crippen LogP contribution < -0.4 is 5.32 Å². The molecule has 2 fully saturated rings. The van der Waals surface area contributed by atoms with Gasteiger partial charge < -0.3 is 20.2 Å². The Bertz CT molecular complexity index is 1170. The summed E-state index contributed by atoms with van der Waals surface area (Å²) < 4.78 is 13.5. The molecule has 168 valence electrons. The summed E-state index contributed by atoms with van der Waals surface area (Å²) in [5.74, 6) is -0.720. The number of rotatable bonds is 4. The lowest BCUT2D eigenvalue weighted by Gasteiger charge is -2.58. The molecule has 2 aliphatic rings. The number of nitrogens with one attached hydrogen (secondary N) is 1. The highest BCUT2D eigenvalue weighted by molar-refractivity contribution is 5.93. The molecule has 0 radical (unpaired) electrons. The molecule has 0 aromatic heterocycles. The predicted molar refractivity (Wildman–Crippen MR) is 123 cm³/mol. The molecule has 2 aliphatic heterocycles. The number of aliphatic hydroxyl groups excluding tert-OH is 1. The summed E-state index contributed by atoms with van der Waals surface area (Å²) in [5.41, 5.74) is 3.57. The van der Waals surface area contributed by atoms with Crippen molar-refractivity contribution < 1.29 is 19.1 Å². The maximum Gasteiger partial charge on any atom is 0.322 e. The number of carbonyl (C=O) groups is 2. The SMILES string of the molecule is O=C(Nc1cccc(F)c1)N1CC(=O)N2[C@H](CO)[C@H](c3ccc(-c4ccccc4)cc3)[C@@H]2C1. The van der Waals surface area contributed by atoms with Crippen LogP contribution in [-0.2, 0) is 4.79 Å². The Labute approximate surface area is 191 Å². The molecule has 0 bridgehead atoms. The number of amides is 3. The van der Waals surface area contributed by atoms with Gasteiger partial charge in [-0.3, -0.25) is 4.79 Å². The summed E-state index contributed by atoms with van der Waals surface area (Å²) in [4.78, 5) is 28.7. The van der Waals surface area contributed by atoms with Crippen LogP contribution in [0.4, 0.5) is 14.9 Å². The van der Waals surface area contributed by atoms with Crippen LogP contribution in [0.3, 0.4) is 0 Å². The molecule has 2 saturated heterocycles. The van der Waals surface area contributed by atoms with Crippen molar-refractivity contribution in [2.75, 3.05) is 25.0 Å². The third-order valence-electron chi connectivity index (χ3n) is 6.52. The minimum Gasteiger partial charge on any atom is -0.394 e. The van der Waals surface area contributed by atoms with Gasteiger partial charge in [-0.2, -0.15) is 0 Å². The quantitative estimate of drug-likeness (QED) is 0.643. The lowest BCUT2D eigenvalue weighted by atomic mass is 9.73. The topological polar surface area (TPSA) is 72.9 Å². The van der Waals surface area contributed by atoms with Crippen LogP contribution in [-0.4, -0.2) is 58.6 Å². The first-order valence-electron chi connectivity index (χ1n) is 10.9. The molecule has 3 aromatic carbocycles. The molecule has 3 atom stereocenters. The number of carbonyl (C=O) groups excluding carboxylic acids is 2. The monoisotopic (exact) mass is 445 g/mol. The van der Waals surface area contributed by atoms with Crippen LogP contribution in [0, 0.1) is 5.82 Å². The summed E-state index contributed by atoms with van der Waals surface area (Å²) >= 11 is 0. The second kappa shape index (κ2) is 8.67. The Balaban J connectivity index is 1.34. The van der Waals surface area contributed by atoms with Crippen LogP contribution in [0.2, 0.25) is 0 Å². The van der Waals surface area contributed by atoms with Gasteiger partial charge in [-0.25, -0.2) is 9.18 Å². The van der Waals surface area contributed by atoms with E-state index in [-0.39, 0.29) is 37.1 Å². The summed E-state index contributed by atoms with van der Waals surface area (Å²) in [6, 6.07) is 22.9. The van der Waals surface area contributed by atoms with Gasteiger partial charge in [-0.05, 0) is 34.9 Å². The van der Waals surface area contributed by atoms with Gasteiger partial charge in [-0.15, -0.1) is 0 Å². The van der Waals surface area contributed by atoms with Gasteiger partial charge in [0.15, 0.2) is 0 Å². The highest BCUT2D eigenvalue weighted by atomic mass is 19.1. The molecule has 2 N–H and O–H groups in total. The molecule has 0 unspecified atom stereocenters. The Kier molecular flexibility index (Phi) is 5.56. The number of benzene rings is 3. The molecule has 0 saturated carbocycles. The van der Waals surface area contributed by atoms with Gasteiger partial charge in [-0.1, -0.05) is 60.7 Å². The lowest BCUT2D eigenvalue weighted by molar-refractivity contribution is -0.159. The van der Waals surface area contributed by atoms with Crippen LogP contribution in [0.1, 0.15) is 11.5 Å². The first kappa shape index (κ1) is 21.2. The number of hydrogen-bond acceptors (Lipinski definition) is 3. The van der Waals surface area contributed by atoms with E-state index in [1.807, 2.05) is 54.6 Å². The van der Waals surface area contributed by atoms with E-state index < -0.39 is 11.8 Å². The van der Waals surface area contributed by atoms with Crippen molar-refractivity contribution in [2.45, 2.75) is 18.0 Å². The zero-order chi connectivity index (χ0) is 22.9. The number of hydrogen-bond donors (Lipinski definition) is 2. The molecule has 3 aromatic rings. The van der Waals surface area contributed by atoms with Crippen LogP contribution in [0.5, 0.6) is 0 Å². The second-order valence-electron chi connectivity index (χ2n) is 8.45. The van der Waals surface area contributed by atoms with Crippen LogP contribution in [0.15, 0.2) is 78.9 Å². The Morgan fingerprint density at radius 2 is 1.73 bits per heavy atom. The van der Waals surface area contributed by atoms with Crippen molar-refractivity contribution >= 4 is 17.6 Å². The highest BCUT2D eigenvalue weighted by Gasteiger charge is 2.54. The maximum atomic E-state index is 13.5. The van der Waals surface area contributed by atoms with Crippen molar-refractivity contribution in [3.05, 3.63) is 90.2 Å². The largest absolute Gasteiger partial charge is 0.394 e. The zero-order valence-corrected chi connectivity index (χ0v) is 17.9. The summed E-state index contributed by atoms with van der Waals surface area (Å²) in [6.07, 6.45) is 0. The van der Waals surface area contributed by atoms with Crippen molar-refractivity contribution in [1.29, 1.82) is 0 Å². The minimum absolute atomic E-state index is 0.0754. The van der Waals surface area contributed by atoms with Crippen LogP contribution in [0.25, 0.3) is 11.1 Å². The van der Waals surface area contributed by atoms with Crippen molar-refractivity contribution in [1.82, 2.24) is 9.80 Å². The summed E-state index contributed by atoms with van der Waals surface area (Å²) in [6.45, 7) is 0.130. The average Bonchev–Trinajstić information content (AvgIpc) is 2.81. The van der Waals surface area contributed by atoms with Crippen molar-refractivity contribution in [3.8, 4) is 11.1 Å². The Hall–Kier alpha value is -3.71. The standard InChI is InChI=1S/C26H24FN3O3/c27-20-7-4-8-21(13-20)28-26(33)29-14-22-25(23(16-31)30(22)24(32)15-29)19-11-9-18(10-12-19)17-5-2-1-3-6-17/h1-13,22-23,25,31H,14-16H2,(H,28,33)/t22-,23+,25+/m0/s1. The van der Waals surface area contributed by atoms with Gasteiger partial charge in [0.05, 0.1) is 18.7 Å². The molecular formula is C26H24FN3O3. The van der Waals surface area contributed by atoms with E-state index in [4.69, 9.17) is 0 Å². The van der Waals surface area contributed by atoms with Gasteiger partial charge >= 0.3 is 6.03 Å². The van der Waals surface area contributed by atoms with Gasteiger partial charge in [0, 0.05) is 18.2 Å². The summed E-state index contributed by atoms with van der Waals surface area (Å²) in [5, 5.41) is 12.6. The van der Waals surface area contributed by atoms with Gasteiger partial charge in [0.25, 0.3) is 0 Å². The van der Waals surface area contributed by atoms with E-state index in [9.17, 15) is 19.1 Å². The van der Waals surface area contributed by atoms with Crippen molar-refractivity contribution in [2.24, 2.45) is 0 Å². The fourth-order valence-electron chi connectivity index (χ4n) is 4.95. The van der Waals surface area contributed by atoms with Crippen LogP contribution >= 0.6 is 0 Å². The van der Waals surface area contributed by atoms with E-state index in [1.165, 1.54) is 23.1 Å². The molecule has 3 amide bonds. The number of fused-ring (bicyclic) bond motifs is 1. The first-order valence-corrected chi connectivity index (χ1v) is 10.9. The van der Waals surface area contributed by atoms with Gasteiger partial charge in [0.1, 0.15) is 12.4 Å². The zero-order valence-electron chi connectivity index (χ0n) is 17.9. The molecule has 6 nitrogen and oxygen atoms in total. The number of urea groups is 1. The smallest absolute Gasteiger partial charge is 0.322 e. The average molecular weight is 445 g/mol. The second-order valence-corrected chi connectivity index (χ2v) is 8.45. The molecule has 5 rings (SSSR count). The maximum absolute atomic E-state index is 13.5. The molecule has 7 heteroatoms. The summed E-state index contributed by atoms with van der Waals surface area (Å²) in [7, 11) is 0. The molecule has 0 spiro atoms. The molecule has 0 aliphatic carbocycles. The number of nitrogens with zero attached hydrogens (tertiary/aromatic N) is 2. The normalized spacial score (nSPS) is 21.9. The van der Waals surface area contributed by atoms with Gasteiger partial charge in [0.2, 0.25) is 5.91 Å². The lowest BCUT2D eigenvalue weighted by Crippen LogP contribution is -2.73. The molecule has 33 heavy (non-hydrogen) atoms. The van der Waals surface area contributed by atoms with E-state index in [0.717, 1.165) is 16.7 Å². The number of halogens is 1. The third kappa shape index (κ3) is 3.96. The van der Waals surface area contributed by atoms with E-state index in [2.05, 4.69) is 5.32 Å². The number of aliphatic hydroxyl groups is 1. The first-order chi connectivity index (χ1) is 16.0. The fourth-order valence-corrected chi connectivity index (χ4v) is 4.95. The van der Waals surface area contributed by atoms with E-state index in [1.54, 1.807) is 11.0 Å². The number of anilines is 1. The van der Waals surface area contributed by atoms with E-state index in [0.29, 0.717) is 12.2 Å². The fraction of sp³-hybridized carbons (Fsp3) is 0.231. The molecule has 2 heterocycles. The Morgan fingerprint density at radius 3 is 2.42 bits per heavy atom. The predicted octanol–water partition coefficient (Wildman–Crippen LogP) is 3.70. The van der Waals surface area contributed by atoms with E-state index >= 15 is 0 Å². The van der Waals surface area contributed by atoms with Crippen molar-refractivity contribution in [3.63, 3.8) is 0 Å².